The van der Waals surface area contributed by atoms with E-state index < -0.39 is 18.0 Å². The van der Waals surface area contributed by atoms with E-state index in [1.54, 1.807) is 0 Å². The van der Waals surface area contributed by atoms with E-state index in [2.05, 4.69) is 5.10 Å². The standard InChI is InChI=1S/C14H11N3O6/c15-14(22)17-16-6-10-1-2-11(23-10)7-3-8(12(18)19)5-9(4-7)13(20)21/h1-6H,(H,18,19)(H,20,21)(H3,15,17,22)/p-2/b16-6-. The van der Waals surface area contributed by atoms with Gasteiger partial charge in [0.1, 0.15) is 11.5 Å². The van der Waals surface area contributed by atoms with Crippen LogP contribution in [0, 0.1) is 0 Å². The van der Waals surface area contributed by atoms with Crippen molar-refractivity contribution < 1.29 is 29.0 Å². The van der Waals surface area contributed by atoms with E-state index >= 15 is 0 Å². The Balaban J connectivity index is 2.36. The fraction of sp³-hybridized carbons (Fsp3) is 0. The van der Waals surface area contributed by atoms with Gasteiger partial charge in [0.15, 0.2) is 0 Å². The fourth-order valence-electron chi connectivity index (χ4n) is 1.74. The summed E-state index contributed by atoms with van der Waals surface area (Å²) >= 11 is 0. The molecular formula is C14H9N3O6-2. The molecule has 1 aromatic heterocycles. The molecule has 3 N–H and O–H groups in total. The highest BCUT2D eigenvalue weighted by Crippen LogP contribution is 2.24. The fourth-order valence-corrected chi connectivity index (χ4v) is 1.74. The highest BCUT2D eigenvalue weighted by Gasteiger charge is 2.08. The summed E-state index contributed by atoms with van der Waals surface area (Å²) < 4.78 is 5.35. The molecule has 9 nitrogen and oxygen atoms in total. The maximum atomic E-state index is 10.9. The van der Waals surface area contributed by atoms with Gasteiger partial charge in [-0.25, -0.2) is 10.2 Å². The van der Waals surface area contributed by atoms with Gasteiger partial charge < -0.3 is 30.0 Å². The molecule has 0 atom stereocenters. The molecule has 1 heterocycles. The third-order valence-electron chi connectivity index (χ3n) is 2.68. The number of urea groups is 1. The number of nitrogens with zero attached hydrogens (tertiary/aromatic N) is 1. The molecule has 1 aromatic carbocycles. The summed E-state index contributed by atoms with van der Waals surface area (Å²) in [5.74, 6) is -2.65. The SMILES string of the molecule is NC(=O)N/N=C\c1ccc(-c2cc(C(=O)[O-])cc(C(=O)[O-])c2)o1. The lowest BCUT2D eigenvalue weighted by Crippen LogP contribution is -2.25. The molecule has 2 amide bonds. The van der Waals surface area contributed by atoms with Crippen molar-refractivity contribution in [2.45, 2.75) is 0 Å². The first kappa shape index (κ1) is 15.8. The summed E-state index contributed by atoms with van der Waals surface area (Å²) in [6.45, 7) is 0. The van der Waals surface area contributed by atoms with Gasteiger partial charge in [-0.2, -0.15) is 5.10 Å². The van der Waals surface area contributed by atoms with Crippen molar-refractivity contribution in [2.75, 3.05) is 0 Å². The van der Waals surface area contributed by atoms with Crippen LogP contribution in [0.4, 0.5) is 4.79 Å². The lowest BCUT2D eigenvalue weighted by atomic mass is 10.0. The Bertz CT molecular complexity index is 776. The minimum absolute atomic E-state index is 0.191. The van der Waals surface area contributed by atoms with Gasteiger partial charge in [0, 0.05) is 5.56 Å². The number of nitrogens with two attached hydrogens (primary N) is 1. The second-order valence-electron chi connectivity index (χ2n) is 4.31. The summed E-state index contributed by atoms with van der Waals surface area (Å²) in [5.41, 5.74) is 6.34. The van der Waals surface area contributed by atoms with Crippen molar-refractivity contribution in [3.05, 3.63) is 47.2 Å². The molecule has 9 heteroatoms. The molecule has 0 bridgehead atoms. The second kappa shape index (κ2) is 6.43. The van der Waals surface area contributed by atoms with Crippen LogP contribution >= 0.6 is 0 Å². The molecule has 0 spiro atoms. The number of carboxylic acids is 2. The molecule has 0 fully saturated rings. The van der Waals surface area contributed by atoms with Crippen LogP contribution < -0.4 is 21.4 Å². The molecule has 2 rings (SSSR count). The number of aromatic carboxylic acids is 2. The van der Waals surface area contributed by atoms with Crippen molar-refractivity contribution in [2.24, 2.45) is 10.8 Å². The van der Waals surface area contributed by atoms with Crippen LogP contribution in [-0.2, 0) is 0 Å². The molecule has 0 unspecified atom stereocenters. The number of furan rings is 1. The quantitative estimate of drug-likeness (QED) is 0.513. The minimum atomic E-state index is -1.53. The van der Waals surface area contributed by atoms with E-state index in [-0.39, 0.29) is 28.2 Å². The van der Waals surface area contributed by atoms with Crippen LogP contribution in [0.1, 0.15) is 26.5 Å². The maximum absolute atomic E-state index is 10.9. The van der Waals surface area contributed by atoms with Crippen LogP contribution in [-0.4, -0.2) is 24.2 Å². The van der Waals surface area contributed by atoms with Gasteiger partial charge >= 0.3 is 6.03 Å². The predicted molar refractivity (Wildman–Crippen MR) is 73.1 cm³/mol. The summed E-state index contributed by atoms with van der Waals surface area (Å²) in [5, 5.41) is 25.4. The van der Waals surface area contributed by atoms with Crippen molar-refractivity contribution in [1.29, 1.82) is 0 Å². The number of amides is 2. The number of carboxylic acid groups (broad SMARTS) is 2. The molecule has 0 saturated carbocycles. The summed E-state index contributed by atoms with van der Waals surface area (Å²) in [4.78, 5) is 32.3. The summed E-state index contributed by atoms with van der Waals surface area (Å²) in [6.07, 6.45) is 1.16. The van der Waals surface area contributed by atoms with Gasteiger partial charge in [0.05, 0.1) is 18.2 Å². The summed E-state index contributed by atoms with van der Waals surface area (Å²) in [6, 6.07) is 5.42. The van der Waals surface area contributed by atoms with E-state index in [1.807, 2.05) is 5.43 Å². The highest BCUT2D eigenvalue weighted by atomic mass is 16.4. The predicted octanol–water partition coefficient (Wildman–Crippen LogP) is -1.32. The van der Waals surface area contributed by atoms with E-state index in [0.29, 0.717) is 0 Å². The minimum Gasteiger partial charge on any atom is -0.545 e. The van der Waals surface area contributed by atoms with Gasteiger partial charge in [-0.3, -0.25) is 0 Å². The lowest BCUT2D eigenvalue weighted by Gasteiger charge is -2.09. The number of rotatable bonds is 5. The number of nitrogens with one attached hydrogen (secondary N) is 1. The molecule has 0 radical (unpaired) electrons. The van der Waals surface area contributed by atoms with Crippen LogP contribution in [0.5, 0.6) is 0 Å². The molecule has 118 valence electrons. The second-order valence-corrected chi connectivity index (χ2v) is 4.31. The Morgan fingerprint density at radius 3 is 2.22 bits per heavy atom. The first-order valence-corrected chi connectivity index (χ1v) is 6.13. The van der Waals surface area contributed by atoms with Crippen LogP contribution in [0.15, 0.2) is 39.9 Å². The molecule has 0 aliphatic rings. The van der Waals surface area contributed by atoms with Gasteiger partial charge in [0.25, 0.3) is 0 Å². The normalized spacial score (nSPS) is 10.6. The zero-order valence-electron chi connectivity index (χ0n) is 11.4. The Morgan fingerprint density at radius 2 is 1.70 bits per heavy atom. The first-order valence-electron chi connectivity index (χ1n) is 6.13. The average Bonchev–Trinajstić information content (AvgIpc) is 2.95. The van der Waals surface area contributed by atoms with Crippen LogP contribution in [0.25, 0.3) is 11.3 Å². The van der Waals surface area contributed by atoms with Crippen LogP contribution in [0.3, 0.4) is 0 Å². The molecule has 23 heavy (non-hydrogen) atoms. The summed E-state index contributed by atoms with van der Waals surface area (Å²) in [7, 11) is 0. The number of hydrogen-bond donors (Lipinski definition) is 2. The largest absolute Gasteiger partial charge is 0.545 e. The molecule has 2 aromatic rings. The number of benzene rings is 1. The maximum Gasteiger partial charge on any atom is 0.332 e. The van der Waals surface area contributed by atoms with E-state index in [0.717, 1.165) is 12.3 Å². The molecular weight excluding hydrogens is 306 g/mol. The van der Waals surface area contributed by atoms with E-state index in [9.17, 15) is 24.6 Å². The average molecular weight is 315 g/mol. The van der Waals surface area contributed by atoms with Gasteiger partial charge in [-0.15, -0.1) is 0 Å². The highest BCUT2D eigenvalue weighted by molar-refractivity contribution is 5.94. The number of hydrogen-bond acceptors (Lipinski definition) is 7. The Kier molecular flexibility index (Phi) is 4.41. The lowest BCUT2D eigenvalue weighted by molar-refractivity contribution is -0.255. The number of hydrazone groups is 1. The number of primary amides is 1. The van der Waals surface area contributed by atoms with Crippen molar-refractivity contribution in [3.63, 3.8) is 0 Å². The van der Waals surface area contributed by atoms with Crippen molar-refractivity contribution >= 4 is 24.2 Å². The van der Waals surface area contributed by atoms with E-state index in [1.165, 1.54) is 24.3 Å². The van der Waals surface area contributed by atoms with Crippen LogP contribution in [0.2, 0.25) is 0 Å². The molecule has 0 saturated heterocycles. The topological polar surface area (TPSA) is 161 Å². The molecule has 0 aliphatic heterocycles. The monoisotopic (exact) mass is 315 g/mol. The smallest absolute Gasteiger partial charge is 0.332 e. The van der Waals surface area contributed by atoms with E-state index in [4.69, 9.17) is 10.2 Å². The third-order valence-corrected chi connectivity index (χ3v) is 2.68. The molecule has 0 aliphatic carbocycles. The van der Waals surface area contributed by atoms with Gasteiger partial charge in [-0.05, 0) is 41.5 Å². The van der Waals surface area contributed by atoms with Gasteiger partial charge in [-0.1, -0.05) is 0 Å². The Morgan fingerprint density at radius 1 is 1.09 bits per heavy atom. The third kappa shape index (κ3) is 3.94. The first-order chi connectivity index (χ1) is 10.9. The zero-order chi connectivity index (χ0) is 17.0. The van der Waals surface area contributed by atoms with Gasteiger partial charge in [0.2, 0.25) is 0 Å². The number of carbonyl (C=O) groups excluding carboxylic acids is 3. The van der Waals surface area contributed by atoms with Crippen molar-refractivity contribution in [3.8, 4) is 11.3 Å². The van der Waals surface area contributed by atoms with Crippen molar-refractivity contribution in [1.82, 2.24) is 5.43 Å². The zero-order valence-corrected chi connectivity index (χ0v) is 11.4. The number of carbonyl (C=O) groups is 3. The Hall–Kier alpha value is -3.62. The Labute approximate surface area is 129 Å².